The number of hydrogen-bond donors (Lipinski definition) is 1. The molecule has 31 heavy (non-hydrogen) atoms. The summed E-state index contributed by atoms with van der Waals surface area (Å²) in [5.74, 6) is -0.752. The number of amides is 1. The zero-order chi connectivity index (χ0) is 21.7. The molecule has 2 aliphatic rings. The van der Waals surface area contributed by atoms with Gasteiger partial charge in [-0.2, -0.15) is 0 Å². The van der Waals surface area contributed by atoms with Crippen molar-refractivity contribution in [3.05, 3.63) is 77.2 Å². The third-order valence-corrected chi connectivity index (χ3v) is 7.00. The molecule has 1 amide bonds. The Morgan fingerprint density at radius 3 is 2.65 bits per heavy atom. The van der Waals surface area contributed by atoms with Crippen molar-refractivity contribution < 1.29 is 13.4 Å². The van der Waals surface area contributed by atoms with Crippen molar-refractivity contribution in [3.63, 3.8) is 0 Å². The predicted octanol–water partition coefficient (Wildman–Crippen LogP) is 3.56. The SMILES string of the molecule is C[C@H]1Cc2cc(F)c(S(N)=O)cc2N1C(=O)C1Cc2ccc(-c3ccccn3)cc2C1. The normalized spacial score (nSPS) is 20.4. The van der Waals surface area contributed by atoms with Gasteiger partial charge in [-0.3, -0.25) is 9.78 Å². The minimum Gasteiger partial charge on any atom is -0.309 e. The number of halogens is 1. The molecule has 0 saturated carbocycles. The Morgan fingerprint density at radius 1 is 1.10 bits per heavy atom. The molecule has 158 valence electrons. The molecule has 0 spiro atoms. The van der Waals surface area contributed by atoms with E-state index in [4.69, 9.17) is 5.14 Å². The van der Waals surface area contributed by atoms with Crippen molar-refractivity contribution in [1.82, 2.24) is 4.98 Å². The molecule has 2 unspecified atom stereocenters. The Balaban J connectivity index is 1.43. The first kappa shape index (κ1) is 20.0. The highest BCUT2D eigenvalue weighted by molar-refractivity contribution is 7.82. The Hall–Kier alpha value is -2.90. The van der Waals surface area contributed by atoms with E-state index < -0.39 is 16.8 Å². The molecule has 1 aromatic heterocycles. The standard InChI is InChI=1S/C24H22FN3O2S/c1-14-8-18-12-20(25)23(31(26)30)13-22(18)28(14)24(29)19-9-15-5-6-16(10-17(15)11-19)21-4-2-3-7-27-21/h2-7,10,12-14,19H,8-9,11,26H2,1H3/t14-,19?,31?/m0/s1. The van der Waals surface area contributed by atoms with E-state index in [-0.39, 0.29) is 22.8 Å². The molecule has 5 rings (SSSR count). The van der Waals surface area contributed by atoms with Gasteiger partial charge in [0.05, 0.1) is 10.6 Å². The van der Waals surface area contributed by atoms with Crippen LogP contribution in [0.4, 0.5) is 10.1 Å². The van der Waals surface area contributed by atoms with E-state index in [1.54, 1.807) is 11.1 Å². The molecule has 3 aromatic rings. The molecule has 7 heteroatoms. The average molecular weight is 436 g/mol. The highest BCUT2D eigenvalue weighted by atomic mass is 32.2. The van der Waals surface area contributed by atoms with Crippen LogP contribution in [0.15, 0.2) is 59.6 Å². The van der Waals surface area contributed by atoms with Crippen LogP contribution in [-0.4, -0.2) is 21.1 Å². The lowest BCUT2D eigenvalue weighted by atomic mass is 10.0. The van der Waals surface area contributed by atoms with Crippen molar-refractivity contribution in [3.8, 4) is 11.3 Å². The van der Waals surface area contributed by atoms with Crippen LogP contribution in [0, 0.1) is 11.7 Å². The largest absolute Gasteiger partial charge is 0.309 e. The molecular weight excluding hydrogens is 413 g/mol. The van der Waals surface area contributed by atoms with Gasteiger partial charge in [-0.05, 0) is 73.2 Å². The third-order valence-electron chi connectivity index (χ3n) is 6.25. The number of rotatable bonds is 3. The molecule has 3 atom stereocenters. The van der Waals surface area contributed by atoms with Crippen LogP contribution in [0.1, 0.15) is 23.6 Å². The summed E-state index contributed by atoms with van der Waals surface area (Å²) in [6.45, 7) is 1.95. The molecule has 0 fully saturated rings. The van der Waals surface area contributed by atoms with Gasteiger partial charge in [-0.15, -0.1) is 0 Å². The average Bonchev–Trinajstić information content (AvgIpc) is 3.32. The van der Waals surface area contributed by atoms with Crippen molar-refractivity contribution in [2.24, 2.45) is 11.1 Å². The quantitative estimate of drug-likeness (QED) is 0.683. The molecule has 2 heterocycles. The van der Waals surface area contributed by atoms with Crippen molar-refractivity contribution in [2.75, 3.05) is 4.90 Å². The monoisotopic (exact) mass is 435 g/mol. The lowest BCUT2D eigenvalue weighted by molar-refractivity contribution is -0.122. The Labute approximate surface area is 182 Å². The van der Waals surface area contributed by atoms with E-state index >= 15 is 0 Å². The number of carbonyl (C=O) groups excluding carboxylic acids is 1. The van der Waals surface area contributed by atoms with Gasteiger partial charge in [0.25, 0.3) is 0 Å². The van der Waals surface area contributed by atoms with Gasteiger partial charge >= 0.3 is 0 Å². The summed E-state index contributed by atoms with van der Waals surface area (Å²) in [6.07, 6.45) is 3.67. The highest BCUT2D eigenvalue weighted by Crippen LogP contribution is 2.38. The lowest BCUT2D eigenvalue weighted by Gasteiger charge is -2.26. The molecule has 5 nitrogen and oxygen atoms in total. The number of hydrogen-bond acceptors (Lipinski definition) is 3. The van der Waals surface area contributed by atoms with Crippen LogP contribution in [0.2, 0.25) is 0 Å². The fourth-order valence-corrected chi connectivity index (χ4v) is 5.27. The number of nitrogens with zero attached hydrogens (tertiary/aromatic N) is 2. The summed E-state index contributed by atoms with van der Waals surface area (Å²) in [5.41, 5.74) is 5.66. The Bertz CT molecular complexity index is 1210. The second-order valence-electron chi connectivity index (χ2n) is 8.27. The number of carbonyl (C=O) groups is 1. The fourth-order valence-electron chi connectivity index (χ4n) is 4.79. The zero-order valence-electron chi connectivity index (χ0n) is 17.0. The van der Waals surface area contributed by atoms with Gasteiger partial charge < -0.3 is 4.90 Å². The van der Waals surface area contributed by atoms with Crippen LogP contribution >= 0.6 is 0 Å². The van der Waals surface area contributed by atoms with E-state index in [2.05, 4.69) is 17.1 Å². The molecular formula is C24H22FN3O2S. The Kier molecular flexibility index (Phi) is 4.95. The van der Waals surface area contributed by atoms with Gasteiger partial charge in [-0.1, -0.05) is 18.2 Å². The van der Waals surface area contributed by atoms with Gasteiger partial charge in [0.1, 0.15) is 16.8 Å². The molecule has 1 aliphatic carbocycles. The van der Waals surface area contributed by atoms with Gasteiger partial charge in [0, 0.05) is 29.4 Å². The number of aromatic nitrogens is 1. The summed E-state index contributed by atoms with van der Waals surface area (Å²) >= 11 is 0. The number of nitrogens with two attached hydrogens (primary N) is 1. The minimum absolute atomic E-state index is 0.0159. The Morgan fingerprint density at radius 2 is 1.90 bits per heavy atom. The van der Waals surface area contributed by atoms with E-state index in [0.29, 0.717) is 24.9 Å². The van der Waals surface area contributed by atoms with Crippen LogP contribution < -0.4 is 10.0 Å². The maximum absolute atomic E-state index is 14.2. The summed E-state index contributed by atoms with van der Waals surface area (Å²) in [5, 5.41) is 5.43. The van der Waals surface area contributed by atoms with Crippen molar-refractivity contribution in [1.29, 1.82) is 0 Å². The zero-order valence-corrected chi connectivity index (χ0v) is 17.9. The maximum atomic E-state index is 14.2. The smallest absolute Gasteiger partial charge is 0.231 e. The molecule has 2 aromatic carbocycles. The minimum atomic E-state index is -1.95. The number of anilines is 1. The molecule has 2 N–H and O–H groups in total. The molecule has 1 aliphatic heterocycles. The second kappa shape index (κ2) is 7.66. The first-order chi connectivity index (χ1) is 14.9. The summed E-state index contributed by atoms with van der Waals surface area (Å²) in [6, 6.07) is 14.8. The molecule has 0 bridgehead atoms. The predicted molar refractivity (Wildman–Crippen MR) is 118 cm³/mol. The van der Waals surface area contributed by atoms with Crippen molar-refractivity contribution in [2.45, 2.75) is 37.1 Å². The van der Waals surface area contributed by atoms with Crippen LogP contribution in [0.25, 0.3) is 11.3 Å². The highest BCUT2D eigenvalue weighted by Gasteiger charge is 2.38. The van der Waals surface area contributed by atoms with Crippen LogP contribution in [-0.2, 0) is 35.0 Å². The first-order valence-electron chi connectivity index (χ1n) is 10.3. The van der Waals surface area contributed by atoms with E-state index in [1.807, 2.05) is 31.2 Å². The number of pyridine rings is 1. The van der Waals surface area contributed by atoms with E-state index in [0.717, 1.165) is 22.4 Å². The molecule has 0 saturated heterocycles. The van der Waals surface area contributed by atoms with Crippen molar-refractivity contribution >= 4 is 22.6 Å². The molecule has 0 radical (unpaired) electrons. The third kappa shape index (κ3) is 3.47. The maximum Gasteiger partial charge on any atom is 0.231 e. The summed E-state index contributed by atoms with van der Waals surface area (Å²) in [7, 11) is -1.95. The van der Waals surface area contributed by atoms with Crippen LogP contribution in [0.3, 0.4) is 0 Å². The number of fused-ring (bicyclic) bond motifs is 2. The van der Waals surface area contributed by atoms with Gasteiger partial charge in [0.15, 0.2) is 0 Å². The fraction of sp³-hybridized carbons (Fsp3) is 0.250. The summed E-state index contributed by atoms with van der Waals surface area (Å²) < 4.78 is 25.9. The van der Waals surface area contributed by atoms with Gasteiger partial charge in [0.2, 0.25) is 5.91 Å². The lowest BCUT2D eigenvalue weighted by Crippen LogP contribution is -2.40. The second-order valence-corrected chi connectivity index (χ2v) is 9.31. The van der Waals surface area contributed by atoms with Gasteiger partial charge in [-0.25, -0.2) is 13.7 Å². The summed E-state index contributed by atoms with van der Waals surface area (Å²) in [4.78, 5) is 19.6. The first-order valence-corrected chi connectivity index (χ1v) is 11.5. The number of benzene rings is 2. The van der Waals surface area contributed by atoms with E-state index in [9.17, 15) is 13.4 Å². The van der Waals surface area contributed by atoms with E-state index in [1.165, 1.54) is 17.7 Å². The topological polar surface area (TPSA) is 76.3 Å². The van der Waals surface area contributed by atoms with Crippen LogP contribution in [0.5, 0.6) is 0 Å².